The number of rotatable bonds is 5. The van der Waals surface area contributed by atoms with E-state index in [4.69, 9.17) is 0 Å². The maximum atomic E-state index is 2.63. The summed E-state index contributed by atoms with van der Waals surface area (Å²) in [6.07, 6.45) is 17.1. The lowest BCUT2D eigenvalue weighted by atomic mass is 9.91. The minimum atomic E-state index is 0.123. The van der Waals surface area contributed by atoms with Crippen LogP contribution < -0.4 is 4.90 Å². The zero-order chi connectivity index (χ0) is 34.2. The van der Waals surface area contributed by atoms with Gasteiger partial charge in [0.15, 0.2) is 0 Å². The number of fused-ring (bicyclic) bond motifs is 8. The predicted octanol–water partition coefficient (Wildman–Crippen LogP) is 12.6. The maximum Gasteiger partial charge on any atom is 0.127 e. The SMILES string of the molecule is C1=CC2c3ccccc3N(C3=CC=CC(n4c5ccc(-c6ccc(-c7ccccc7)s6)cc5c5c6ccccc6n(-c6ccccc6)c54)C3)C2C=C1. The van der Waals surface area contributed by atoms with Crippen molar-refractivity contribution in [1.29, 1.82) is 0 Å². The average Bonchev–Trinajstić information content (AvgIpc) is 3.98. The first-order valence-corrected chi connectivity index (χ1v) is 19.0. The number of nitrogens with zero attached hydrogens (tertiary/aromatic N) is 3. The Labute approximate surface area is 307 Å². The van der Waals surface area contributed by atoms with E-state index in [9.17, 15) is 0 Å². The van der Waals surface area contributed by atoms with Crippen LogP contribution >= 0.6 is 11.3 Å². The Morgan fingerprint density at radius 3 is 2.21 bits per heavy atom. The summed E-state index contributed by atoms with van der Waals surface area (Å²) >= 11 is 1.86. The van der Waals surface area contributed by atoms with Crippen LogP contribution in [0.15, 0.2) is 188 Å². The van der Waals surface area contributed by atoms with E-state index < -0.39 is 0 Å². The lowest BCUT2D eigenvalue weighted by molar-refractivity contribution is 0.595. The average molecular weight is 686 g/mol. The molecule has 11 rings (SSSR count). The van der Waals surface area contributed by atoms with E-state index in [2.05, 4.69) is 196 Å². The molecular formula is C48H35N3S. The van der Waals surface area contributed by atoms with Gasteiger partial charge in [-0.1, -0.05) is 127 Å². The van der Waals surface area contributed by atoms with Crippen molar-refractivity contribution in [3.63, 3.8) is 0 Å². The van der Waals surface area contributed by atoms with Gasteiger partial charge in [-0.05, 0) is 71.3 Å². The highest BCUT2D eigenvalue weighted by atomic mass is 32.1. The molecule has 0 bridgehead atoms. The second-order valence-corrected chi connectivity index (χ2v) is 15.1. The van der Waals surface area contributed by atoms with Crippen LogP contribution in [0.5, 0.6) is 0 Å². The van der Waals surface area contributed by atoms with Gasteiger partial charge in [0, 0.05) is 55.3 Å². The van der Waals surface area contributed by atoms with E-state index in [0.29, 0.717) is 5.92 Å². The van der Waals surface area contributed by atoms with Crippen LogP contribution in [0.25, 0.3) is 59.4 Å². The fraction of sp³-hybridized carbons (Fsp3) is 0.0833. The third-order valence-electron chi connectivity index (χ3n) is 11.2. The number of hydrogen-bond donors (Lipinski definition) is 0. The van der Waals surface area contributed by atoms with E-state index in [0.717, 1.165) is 6.42 Å². The second-order valence-electron chi connectivity index (χ2n) is 14.0. The lowest BCUT2D eigenvalue weighted by Gasteiger charge is -2.34. The largest absolute Gasteiger partial charge is 0.337 e. The van der Waals surface area contributed by atoms with Crippen molar-refractivity contribution in [2.24, 2.45) is 0 Å². The zero-order valence-corrected chi connectivity index (χ0v) is 29.3. The molecule has 0 N–H and O–H groups in total. The summed E-state index contributed by atoms with van der Waals surface area (Å²) in [4.78, 5) is 5.18. The predicted molar refractivity (Wildman–Crippen MR) is 220 cm³/mol. The molecule has 0 radical (unpaired) electrons. The molecule has 3 unspecified atom stereocenters. The molecule has 2 aliphatic carbocycles. The quantitative estimate of drug-likeness (QED) is 0.176. The lowest BCUT2D eigenvalue weighted by Crippen LogP contribution is -2.33. The molecule has 0 saturated carbocycles. The molecule has 0 amide bonds. The summed E-state index contributed by atoms with van der Waals surface area (Å²) in [5, 5.41) is 3.89. The molecule has 3 aromatic heterocycles. The summed E-state index contributed by atoms with van der Waals surface area (Å²) in [5.74, 6) is 0.365. The Bertz CT molecular complexity index is 2790. The molecule has 3 atom stereocenters. The Kier molecular flexibility index (Phi) is 6.68. The highest BCUT2D eigenvalue weighted by Crippen LogP contribution is 2.49. The smallest absolute Gasteiger partial charge is 0.127 e. The number of para-hydroxylation sites is 3. The van der Waals surface area contributed by atoms with Crippen LogP contribution in [0.3, 0.4) is 0 Å². The van der Waals surface area contributed by atoms with Crippen LogP contribution in [-0.4, -0.2) is 15.2 Å². The first-order valence-electron chi connectivity index (χ1n) is 18.2. The van der Waals surface area contributed by atoms with E-state index in [1.807, 2.05) is 11.3 Å². The first-order chi connectivity index (χ1) is 25.8. The minimum Gasteiger partial charge on any atom is -0.337 e. The third kappa shape index (κ3) is 4.44. The van der Waals surface area contributed by atoms with Gasteiger partial charge in [0.05, 0.1) is 23.1 Å². The molecule has 0 saturated heterocycles. The number of hydrogen-bond acceptors (Lipinski definition) is 2. The Balaban J connectivity index is 1.11. The van der Waals surface area contributed by atoms with E-state index in [1.54, 1.807) is 0 Å². The van der Waals surface area contributed by atoms with Gasteiger partial charge in [-0.3, -0.25) is 4.57 Å². The molecule has 4 heteroatoms. The fourth-order valence-electron chi connectivity index (χ4n) is 8.99. The second kappa shape index (κ2) is 11.7. The summed E-state index contributed by atoms with van der Waals surface area (Å²) < 4.78 is 5.12. The molecule has 8 aromatic rings. The van der Waals surface area contributed by atoms with Gasteiger partial charge in [0.1, 0.15) is 5.65 Å². The highest BCUT2D eigenvalue weighted by molar-refractivity contribution is 7.18. The van der Waals surface area contributed by atoms with Gasteiger partial charge >= 0.3 is 0 Å². The number of aromatic nitrogens is 2. The van der Waals surface area contributed by atoms with E-state index in [1.165, 1.54) is 76.4 Å². The van der Waals surface area contributed by atoms with Crippen molar-refractivity contribution < 1.29 is 0 Å². The van der Waals surface area contributed by atoms with Gasteiger partial charge in [-0.2, -0.15) is 0 Å². The normalized spacial score (nSPS) is 19.1. The molecule has 52 heavy (non-hydrogen) atoms. The molecule has 5 aromatic carbocycles. The summed E-state index contributed by atoms with van der Waals surface area (Å²) in [6.45, 7) is 0. The number of benzene rings is 5. The van der Waals surface area contributed by atoms with Gasteiger partial charge in [0.25, 0.3) is 0 Å². The number of thiophene rings is 1. The van der Waals surface area contributed by atoms with Crippen molar-refractivity contribution in [2.75, 3.05) is 4.90 Å². The molecule has 1 aliphatic heterocycles. The minimum absolute atomic E-state index is 0.123. The van der Waals surface area contributed by atoms with Crippen LogP contribution in [-0.2, 0) is 0 Å². The van der Waals surface area contributed by atoms with Crippen LogP contribution in [0, 0.1) is 0 Å². The Morgan fingerprint density at radius 2 is 1.33 bits per heavy atom. The van der Waals surface area contributed by atoms with Gasteiger partial charge < -0.3 is 9.47 Å². The standard InChI is InChI=1S/C48H35N3S/c1-3-14-32(15-4-1)45-28-29-46(52-45)33-26-27-44-40(30-33)47-39-22-9-12-25-43(39)50(34-16-5-2-6-17-34)48(47)51(44)36-19-13-18-35(31-36)49-41-23-10-7-20-37(41)38-21-8-11-24-42(38)49/h1-30,36-37,41H,31H2. The van der Waals surface area contributed by atoms with Crippen LogP contribution in [0.4, 0.5) is 5.69 Å². The van der Waals surface area contributed by atoms with E-state index >= 15 is 0 Å². The fourth-order valence-corrected chi connectivity index (χ4v) is 9.99. The van der Waals surface area contributed by atoms with Crippen molar-refractivity contribution in [1.82, 2.24) is 9.13 Å². The summed E-state index contributed by atoms with van der Waals surface area (Å²) in [7, 11) is 0. The maximum absolute atomic E-state index is 2.63. The van der Waals surface area contributed by atoms with E-state index in [-0.39, 0.29) is 12.1 Å². The number of anilines is 1. The molecule has 3 aliphatic rings. The van der Waals surface area contributed by atoms with Crippen LogP contribution in [0.1, 0.15) is 23.9 Å². The van der Waals surface area contributed by atoms with Gasteiger partial charge in [0.2, 0.25) is 0 Å². The molecule has 0 fully saturated rings. The van der Waals surface area contributed by atoms with Crippen molar-refractivity contribution in [2.45, 2.75) is 24.4 Å². The highest BCUT2D eigenvalue weighted by Gasteiger charge is 2.39. The topological polar surface area (TPSA) is 13.1 Å². The van der Waals surface area contributed by atoms with Gasteiger partial charge in [-0.15, -0.1) is 11.3 Å². The third-order valence-corrected chi connectivity index (χ3v) is 12.4. The summed E-state index contributed by atoms with van der Waals surface area (Å²) in [5.41, 5.74) is 11.5. The first kappa shape index (κ1) is 29.6. The van der Waals surface area contributed by atoms with Crippen molar-refractivity contribution >= 4 is 49.9 Å². The molecule has 3 nitrogen and oxygen atoms in total. The monoisotopic (exact) mass is 685 g/mol. The van der Waals surface area contributed by atoms with Gasteiger partial charge in [-0.25, -0.2) is 0 Å². The zero-order valence-electron chi connectivity index (χ0n) is 28.5. The molecule has 4 heterocycles. The number of allylic oxidation sites excluding steroid dienone is 6. The Morgan fingerprint density at radius 1 is 0.577 bits per heavy atom. The van der Waals surface area contributed by atoms with Crippen LogP contribution in [0.2, 0.25) is 0 Å². The molecule has 248 valence electrons. The van der Waals surface area contributed by atoms with Crippen molar-refractivity contribution in [3.8, 4) is 26.6 Å². The summed E-state index contributed by atoms with van der Waals surface area (Å²) in [6, 6.07) is 51.6. The molecule has 0 spiro atoms. The molecular weight excluding hydrogens is 651 g/mol. The van der Waals surface area contributed by atoms with Crippen molar-refractivity contribution in [3.05, 3.63) is 193 Å². The Hall–Kier alpha value is -6.10.